The van der Waals surface area contributed by atoms with Crippen molar-refractivity contribution < 1.29 is 14.3 Å². The maximum absolute atomic E-state index is 13.2. The first kappa shape index (κ1) is 20.6. The molecule has 0 bridgehead atoms. The molecule has 0 unspecified atom stereocenters. The number of rotatable bonds is 5. The molecule has 0 atom stereocenters. The van der Waals surface area contributed by atoms with Crippen molar-refractivity contribution in [2.75, 3.05) is 45.3 Å². The van der Waals surface area contributed by atoms with Crippen LogP contribution in [0.15, 0.2) is 36.4 Å². The average Bonchev–Trinajstić information content (AvgIpc) is 3.20. The quantitative estimate of drug-likeness (QED) is 0.623. The van der Waals surface area contributed by atoms with Gasteiger partial charge >= 0.3 is 0 Å². The summed E-state index contributed by atoms with van der Waals surface area (Å²) in [6, 6.07) is 11.2. The number of aromatic nitrogens is 4. The van der Waals surface area contributed by atoms with E-state index in [1.807, 2.05) is 42.2 Å². The molecular weight excluding hydrogens is 396 g/mol. The average molecular weight is 422 g/mol. The lowest BCUT2D eigenvalue weighted by Gasteiger charge is -2.35. The number of hydrogen-bond acceptors (Lipinski definition) is 7. The summed E-state index contributed by atoms with van der Waals surface area (Å²) in [6.45, 7) is 4.54. The van der Waals surface area contributed by atoms with Crippen LogP contribution in [-0.2, 0) is 7.05 Å². The smallest absolute Gasteiger partial charge is 0.272 e. The van der Waals surface area contributed by atoms with Crippen LogP contribution in [0.2, 0.25) is 0 Å². The highest BCUT2D eigenvalue weighted by atomic mass is 16.5. The fourth-order valence-corrected chi connectivity index (χ4v) is 3.67. The van der Waals surface area contributed by atoms with Gasteiger partial charge in [-0.2, -0.15) is 10.2 Å². The van der Waals surface area contributed by atoms with Crippen LogP contribution in [0.3, 0.4) is 0 Å². The highest BCUT2D eigenvalue weighted by molar-refractivity contribution is 5.94. The number of nitrogens with zero attached hydrogens (tertiary/aromatic N) is 6. The lowest BCUT2D eigenvalue weighted by atomic mass is 10.1. The van der Waals surface area contributed by atoms with Crippen molar-refractivity contribution in [1.82, 2.24) is 24.9 Å². The maximum atomic E-state index is 13.2. The van der Waals surface area contributed by atoms with E-state index in [0.717, 1.165) is 17.1 Å². The molecule has 0 N–H and O–H groups in total. The van der Waals surface area contributed by atoms with Crippen molar-refractivity contribution in [2.45, 2.75) is 6.92 Å². The summed E-state index contributed by atoms with van der Waals surface area (Å²) >= 11 is 0. The van der Waals surface area contributed by atoms with E-state index in [1.54, 1.807) is 32.0 Å². The number of aryl methyl sites for hydroxylation is 2. The molecule has 162 valence electrons. The standard InChI is InChI=1S/C22H26N6O3/c1-15-5-8-21(24-23-15)27-9-11-28(12-10-27)22(29)19-14-18(25-26(19)2)17-13-16(30-3)6-7-20(17)31-4/h5-8,13-14H,9-12H2,1-4H3. The molecule has 1 amide bonds. The van der Waals surface area contributed by atoms with E-state index in [-0.39, 0.29) is 5.91 Å². The van der Waals surface area contributed by atoms with Gasteiger partial charge in [-0.3, -0.25) is 9.48 Å². The molecule has 31 heavy (non-hydrogen) atoms. The second-order valence-electron chi connectivity index (χ2n) is 7.42. The lowest BCUT2D eigenvalue weighted by molar-refractivity contribution is 0.0735. The van der Waals surface area contributed by atoms with Gasteiger partial charge in [0.2, 0.25) is 0 Å². The minimum atomic E-state index is -0.0437. The first-order valence-electron chi connectivity index (χ1n) is 10.1. The van der Waals surface area contributed by atoms with E-state index in [4.69, 9.17) is 9.47 Å². The molecule has 0 spiro atoms. The summed E-state index contributed by atoms with van der Waals surface area (Å²) in [6.07, 6.45) is 0. The molecule has 0 aliphatic carbocycles. The first-order valence-corrected chi connectivity index (χ1v) is 10.1. The number of ether oxygens (including phenoxy) is 2. The van der Waals surface area contributed by atoms with Gasteiger partial charge < -0.3 is 19.3 Å². The predicted molar refractivity (Wildman–Crippen MR) is 117 cm³/mol. The molecule has 9 nitrogen and oxygen atoms in total. The van der Waals surface area contributed by atoms with Crippen molar-refractivity contribution in [3.05, 3.63) is 47.8 Å². The Morgan fingerprint density at radius 2 is 1.74 bits per heavy atom. The Hall–Kier alpha value is -3.62. The summed E-state index contributed by atoms with van der Waals surface area (Å²) < 4.78 is 12.4. The summed E-state index contributed by atoms with van der Waals surface area (Å²) in [4.78, 5) is 17.2. The fraction of sp³-hybridized carbons (Fsp3) is 0.364. The largest absolute Gasteiger partial charge is 0.497 e. The molecule has 1 fully saturated rings. The molecule has 2 aromatic heterocycles. The number of amides is 1. The van der Waals surface area contributed by atoms with Gasteiger partial charge in [0.25, 0.3) is 5.91 Å². The van der Waals surface area contributed by atoms with Gasteiger partial charge in [-0.15, -0.1) is 5.10 Å². The van der Waals surface area contributed by atoms with Gasteiger partial charge in [0.1, 0.15) is 17.2 Å². The van der Waals surface area contributed by atoms with Gasteiger partial charge in [0.05, 0.1) is 25.6 Å². The Morgan fingerprint density at radius 3 is 2.39 bits per heavy atom. The first-order chi connectivity index (χ1) is 15.0. The van der Waals surface area contributed by atoms with Gasteiger partial charge in [0, 0.05) is 38.8 Å². The summed E-state index contributed by atoms with van der Waals surface area (Å²) in [7, 11) is 5.00. The molecule has 9 heteroatoms. The molecule has 0 saturated carbocycles. The van der Waals surface area contributed by atoms with Crippen LogP contribution in [0, 0.1) is 6.92 Å². The normalized spacial score (nSPS) is 13.9. The molecule has 1 aliphatic rings. The van der Waals surface area contributed by atoms with Gasteiger partial charge in [0.15, 0.2) is 5.82 Å². The van der Waals surface area contributed by atoms with E-state index in [2.05, 4.69) is 20.2 Å². The summed E-state index contributed by atoms with van der Waals surface area (Å²) in [5, 5.41) is 12.9. The van der Waals surface area contributed by atoms with Crippen molar-refractivity contribution in [1.29, 1.82) is 0 Å². The van der Waals surface area contributed by atoms with Crippen LogP contribution in [0.25, 0.3) is 11.3 Å². The highest BCUT2D eigenvalue weighted by Crippen LogP contribution is 2.33. The molecule has 0 radical (unpaired) electrons. The van der Waals surface area contributed by atoms with E-state index in [0.29, 0.717) is 49.1 Å². The van der Waals surface area contributed by atoms with Crippen LogP contribution in [-0.4, -0.2) is 71.2 Å². The van der Waals surface area contributed by atoms with E-state index >= 15 is 0 Å². The van der Waals surface area contributed by atoms with Crippen LogP contribution in [0.5, 0.6) is 11.5 Å². The number of methoxy groups -OCH3 is 2. The predicted octanol–water partition coefficient (Wildman–Crippen LogP) is 2.17. The Balaban J connectivity index is 1.50. The topological polar surface area (TPSA) is 85.6 Å². The van der Waals surface area contributed by atoms with Gasteiger partial charge in [-0.25, -0.2) is 0 Å². The third-order valence-corrected chi connectivity index (χ3v) is 5.46. The Labute approximate surface area is 181 Å². The number of benzene rings is 1. The Morgan fingerprint density at radius 1 is 0.968 bits per heavy atom. The van der Waals surface area contributed by atoms with E-state index in [1.165, 1.54) is 0 Å². The van der Waals surface area contributed by atoms with E-state index < -0.39 is 0 Å². The zero-order chi connectivity index (χ0) is 22.0. The second-order valence-corrected chi connectivity index (χ2v) is 7.42. The third kappa shape index (κ3) is 4.16. The van der Waals surface area contributed by atoms with Crippen molar-refractivity contribution in [3.8, 4) is 22.8 Å². The van der Waals surface area contributed by atoms with Crippen molar-refractivity contribution >= 4 is 11.7 Å². The number of carbonyl (C=O) groups is 1. The molecule has 3 heterocycles. The van der Waals surface area contributed by atoms with Gasteiger partial charge in [-0.05, 0) is 43.3 Å². The minimum absolute atomic E-state index is 0.0437. The Bertz CT molecular complexity index is 1070. The summed E-state index contributed by atoms with van der Waals surface area (Å²) in [5.41, 5.74) is 2.86. The maximum Gasteiger partial charge on any atom is 0.272 e. The zero-order valence-corrected chi connectivity index (χ0v) is 18.2. The number of hydrogen-bond donors (Lipinski definition) is 0. The highest BCUT2D eigenvalue weighted by Gasteiger charge is 2.26. The number of piperazine rings is 1. The molecule has 4 rings (SSSR count). The SMILES string of the molecule is COc1ccc(OC)c(-c2cc(C(=O)N3CCN(c4ccc(C)nn4)CC3)n(C)n2)c1. The molecule has 1 aliphatic heterocycles. The number of anilines is 1. The molecule has 3 aromatic rings. The monoisotopic (exact) mass is 422 g/mol. The molecule has 1 saturated heterocycles. The second kappa shape index (κ2) is 8.63. The molecular formula is C22H26N6O3. The lowest BCUT2D eigenvalue weighted by Crippen LogP contribution is -2.49. The van der Waals surface area contributed by atoms with Crippen LogP contribution < -0.4 is 14.4 Å². The van der Waals surface area contributed by atoms with Crippen LogP contribution in [0.1, 0.15) is 16.2 Å². The van der Waals surface area contributed by atoms with E-state index in [9.17, 15) is 4.79 Å². The molecule has 1 aromatic carbocycles. The van der Waals surface area contributed by atoms with Crippen LogP contribution >= 0.6 is 0 Å². The van der Waals surface area contributed by atoms with Crippen molar-refractivity contribution in [2.24, 2.45) is 7.05 Å². The fourth-order valence-electron chi connectivity index (χ4n) is 3.67. The number of carbonyl (C=O) groups excluding carboxylic acids is 1. The van der Waals surface area contributed by atoms with Crippen molar-refractivity contribution in [3.63, 3.8) is 0 Å². The Kier molecular flexibility index (Phi) is 5.75. The summed E-state index contributed by atoms with van der Waals surface area (Å²) in [5.74, 6) is 2.17. The van der Waals surface area contributed by atoms with Crippen LogP contribution in [0.4, 0.5) is 5.82 Å². The third-order valence-electron chi connectivity index (χ3n) is 5.46. The minimum Gasteiger partial charge on any atom is -0.497 e. The van der Waals surface area contributed by atoms with Gasteiger partial charge in [-0.1, -0.05) is 0 Å². The zero-order valence-electron chi connectivity index (χ0n) is 18.2.